The summed E-state index contributed by atoms with van der Waals surface area (Å²) in [6.07, 6.45) is 1.48. The molecular formula is C28H18BrClN2O4. The van der Waals surface area contributed by atoms with Crippen LogP contribution in [0.3, 0.4) is 0 Å². The zero-order valence-corrected chi connectivity index (χ0v) is 21.0. The van der Waals surface area contributed by atoms with E-state index in [4.69, 9.17) is 16.3 Å². The molecule has 1 saturated heterocycles. The number of rotatable bonds is 5. The highest BCUT2D eigenvalue weighted by Crippen LogP contribution is 2.32. The number of fused-ring (bicyclic) bond motifs is 1. The van der Waals surface area contributed by atoms with E-state index in [1.807, 2.05) is 42.5 Å². The van der Waals surface area contributed by atoms with Crippen LogP contribution in [-0.4, -0.2) is 17.8 Å². The lowest BCUT2D eigenvalue weighted by molar-refractivity contribution is -0.122. The lowest BCUT2D eigenvalue weighted by Crippen LogP contribution is -2.54. The third-order valence-electron chi connectivity index (χ3n) is 5.69. The Bertz CT molecular complexity index is 1550. The van der Waals surface area contributed by atoms with Crippen molar-refractivity contribution in [3.8, 4) is 5.75 Å². The van der Waals surface area contributed by atoms with Gasteiger partial charge in [0.25, 0.3) is 11.8 Å². The number of ether oxygens (including phenoxy) is 1. The Labute approximate surface area is 220 Å². The highest BCUT2D eigenvalue weighted by molar-refractivity contribution is 9.10. The van der Waals surface area contributed by atoms with Crippen molar-refractivity contribution in [1.82, 2.24) is 5.32 Å². The molecular weight excluding hydrogens is 544 g/mol. The molecule has 6 nitrogen and oxygen atoms in total. The van der Waals surface area contributed by atoms with Gasteiger partial charge in [0.2, 0.25) is 0 Å². The molecule has 5 rings (SSSR count). The number of hydrogen-bond acceptors (Lipinski definition) is 4. The first-order valence-corrected chi connectivity index (χ1v) is 12.1. The molecule has 1 fully saturated rings. The van der Waals surface area contributed by atoms with Gasteiger partial charge >= 0.3 is 6.03 Å². The summed E-state index contributed by atoms with van der Waals surface area (Å²) in [7, 11) is 0. The highest BCUT2D eigenvalue weighted by atomic mass is 79.9. The summed E-state index contributed by atoms with van der Waals surface area (Å²) in [6.45, 7) is 0.235. The second kappa shape index (κ2) is 9.97. The van der Waals surface area contributed by atoms with Crippen molar-refractivity contribution in [3.05, 3.63) is 111 Å². The fraction of sp³-hybridized carbons (Fsp3) is 0.0357. The van der Waals surface area contributed by atoms with Crippen LogP contribution >= 0.6 is 27.5 Å². The molecule has 178 valence electrons. The van der Waals surface area contributed by atoms with Crippen LogP contribution in [0.2, 0.25) is 5.02 Å². The maximum atomic E-state index is 13.4. The van der Waals surface area contributed by atoms with E-state index in [0.717, 1.165) is 25.7 Å². The SMILES string of the molecule is O=C1NC(=O)N(c2ccc(Br)cc2)C(=O)/C1=C/c1c(OCc2cccc(Cl)c2)ccc2ccccc12. The summed E-state index contributed by atoms with van der Waals surface area (Å²) in [5, 5.41) is 4.56. The number of benzene rings is 4. The Balaban J connectivity index is 1.58. The Morgan fingerprint density at radius 2 is 1.69 bits per heavy atom. The molecule has 0 bridgehead atoms. The number of anilines is 1. The monoisotopic (exact) mass is 560 g/mol. The predicted octanol–water partition coefficient (Wildman–Crippen LogP) is 6.50. The number of hydrogen-bond donors (Lipinski definition) is 1. The first kappa shape index (κ1) is 23.8. The topological polar surface area (TPSA) is 75.7 Å². The van der Waals surface area contributed by atoms with Crippen molar-refractivity contribution in [2.75, 3.05) is 4.90 Å². The van der Waals surface area contributed by atoms with Gasteiger partial charge in [0, 0.05) is 15.1 Å². The number of nitrogens with zero attached hydrogens (tertiary/aromatic N) is 1. The molecule has 0 aliphatic carbocycles. The fourth-order valence-electron chi connectivity index (χ4n) is 3.96. The van der Waals surface area contributed by atoms with Crippen LogP contribution in [0.25, 0.3) is 16.8 Å². The maximum Gasteiger partial charge on any atom is 0.335 e. The van der Waals surface area contributed by atoms with Crippen molar-refractivity contribution < 1.29 is 19.1 Å². The van der Waals surface area contributed by atoms with E-state index in [9.17, 15) is 14.4 Å². The third-order valence-corrected chi connectivity index (χ3v) is 6.45. The molecule has 4 aromatic rings. The molecule has 1 aliphatic heterocycles. The first-order chi connectivity index (χ1) is 17.4. The Hall–Kier alpha value is -3.94. The number of carbonyl (C=O) groups is 3. The van der Waals surface area contributed by atoms with Crippen LogP contribution in [0.1, 0.15) is 11.1 Å². The third kappa shape index (κ3) is 4.76. The number of amides is 4. The van der Waals surface area contributed by atoms with Gasteiger partial charge < -0.3 is 4.74 Å². The average molecular weight is 562 g/mol. The molecule has 4 amide bonds. The Kier molecular flexibility index (Phi) is 6.59. The molecule has 8 heteroatoms. The second-order valence-electron chi connectivity index (χ2n) is 8.05. The summed E-state index contributed by atoms with van der Waals surface area (Å²) in [6, 6.07) is 24.5. The molecule has 0 unspecified atom stereocenters. The van der Waals surface area contributed by atoms with Gasteiger partial charge in [0.1, 0.15) is 17.9 Å². The number of halogens is 2. The second-order valence-corrected chi connectivity index (χ2v) is 9.40. The zero-order chi connectivity index (χ0) is 25.2. The lowest BCUT2D eigenvalue weighted by Gasteiger charge is -2.26. The molecule has 0 radical (unpaired) electrons. The number of urea groups is 1. The van der Waals surface area contributed by atoms with Crippen LogP contribution in [0.15, 0.2) is 95.0 Å². The molecule has 1 aliphatic rings. The maximum absolute atomic E-state index is 13.4. The molecule has 0 spiro atoms. The van der Waals surface area contributed by atoms with Gasteiger partial charge in [0.15, 0.2) is 0 Å². The van der Waals surface area contributed by atoms with Crippen molar-refractivity contribution in [1.29, 1.82) is 0 Å². The molecule has 0 saturated carbocycles. The van der Waals surface area contributed by atoms with Crippen LogP contribution in [0, 0.1) is 0 Å². The zero-order valence-electron chi connectivity index (χ0n) is 18.7. The van der Waals surface area contributed by atoms with Crippen LogP contribution in [0.4, 0.5) is 10.5 Å². The van der Waals surface area contributed by atoms with E-state index in [2.05, 4.69) is 21.2 Å². The average Bonchev–Trinajstić information content (AvgIpc) is 2.86. The Morgan fingerprint density at radius 1 is 0.917 bits per heavy atom. The van der Waals surface area contributed by atoms with E-state index in [0.29, 0.717) is 22.0 Å². The van der Waals surface area contributed by atoms with Gasteiger partial charge in [-0.25, -0.2) is 9.69 Å². The van der Waals surface area contributed by atoms with E-state index in [1.54, 1.807) is 42.5 Å². The molecule has 1 heterocycles. The van der Waals surface area contributed by atoms with Gasteiger partial charge in [-0.1, -0.05) is 70.0 Å². The molecule has 0 aromatic heterocycles. The van der Waals surface area contributed by atoms with Gasteiger partial charge in [-0.15, -0.1) is 0 Å². The molecule has 4 aromatic carbocycles. The van der Waals surface area contributed by atoms with Crippen LogP contribution < -0.4 is 15.0 Å². The number of nitrogens with one attached hydrogen (secondary N) is 1. The van der Waals surface area contributed by atoms with E-state index < -0.39 is 17.8 Å². The predicted molar refractivity (Wildman–Crippen MR) is 143 cm³/mol. The van der Waals surface area contributed by atoms with Gasteiger partial charge in [-0.3, -0.25) is 14.9 Å². The highest BCUT2D eigenvalue weighted by Gasteiger charge is 2.37. The summed E-state index contributed by atoms with van der Waals surface area (Å²) in [4.78, 5) is 39.7. The summed E-state index contributed by atoms with van der Waals surface area (Å²) in [5.41, 5.74) is 1.59. The molecule has 1 N–H and O–H groups in total. The number of imide groups is 2. The van der Waals surface area contributed by atoms with Crippen molar-refractivity contribution in [3.63, 3.8) is 0 Å². The summed E-state index contributed by atoms with van der Waals surface area (Å²) >= 11 is 9.44. The standard InChI is InChI=1S/C28H18BrClN2O4/c29-19-9-11-21(12-10-19)32-27(34)24(26(33)31-28(32)35)15-23-22-7-2-1-5-18(22)8-13-25(23)36-16-17-4-3-6-20(30)14-17/h1-15H,16H2,(H,31,33,35)/b24-15+. The quantitative estimate of drug-likeness (QED) is 0.223. The van der Waals surface area contributed by atoms with Crippen molar-refractivity contribution >= 4 is 67.9 Å². The Morgan fingerprint density at radius 3 is 2.47 bits per heavy atom. The van der Waals surface area contributed by atoms with Gasteiger partial charge in [-0.2, -0.15) is 0 Å². The van der Waals surface area contributed by atoms with Gasteiger partial charge in [-0.05, 0) is 64.9 Å². The largest absolute Gasteiger partial charge is 0.488 e. The summed E-state index contributed by atoms with van der Waals surface area (Å²) in [5.74, 6) is -1.01. The van der Waals surface area contributed by atoms with E-state index in [-0.39, 0.29) is 12.2 Å². The van der Waals surface area contributed by atoms with Gasteiger partial charge in [0.05, 0.1) is 5.69 Å². The smallest absolute Gasteiger partial charge is 0.335 e. The number of barbiturate groups is 1. The fourth-order valence-corrected chi connectivity index (χ4v) is 4.44. The minimum atomic E-state index is -0.806. The van der Waals surface area contributed by atoms with Crippen LogP contribution in [0.5, 0.6) is 5.75 Å². The minimum Gasteiger partial charge on any atom is -0.488 e. The summed E-state index contributed by atoms with van der Waals surface area (Å²) < 4.78 is 6.90. The van der Waals surface area contributed by atoms with E-state index >= 15 is 0 Å². The van der Waals surface area contributed by atoms with Crippen LogP contribution in [-0.2, 0) is 16.2 Å². The number of carbonyl (C=O) groups excluding carboxylic acids is 3. The van der Waals surface area contributed by atoms with Crippen molar-refractivity contribution in [2.45, 2.75) is 6.61 Å². The molecule has 0 atom stereocenters. The molecule has 36 heavy (non-hydrogen) atoms. The normalized spacial score (nSPS) is 14.9. The first-order valence-electron chi connectivity index (χ1n) is 11.0. The minimum absolute atomic E-state index is 0.179. The van der Waals surface area contributed by atoms with Crippen molar-refractivity contribution in [2.24, 2.45) is 0 Å². The van der Waals surface area contributed by atoms with E-state index in [1.165, 1.54) is 6.08 Å². The lowest BCUT2D eigenvalue weighted by atomic mass is 9.99.